The first-order valence-electron chi connectivity index (χ1n) is 4.48. The first kappa shape index (κ1) is 5.35. The Labute approximate surface area is 78.4 Å². The van der Waals surface area contributed by atoms with Gasteiger partial charge in [0.25, 0.3) is 0 Å². The van der Waals surface area contributed by atoms with Crippen LogP contribution in [0.5, 0.6) is 0 Å². The van der Waals surface area contributed by atoms with Crippen molar-refractivity contribution in [1.82, 2.24) is 0 Å². The number of aryl methyl sites for hydroxylation is 1. The molecule has 1 rings (SSSR count). The molecule has 1 aromatic carbocycles. The third kappa shape index (κ3) is 2.32. The molecule has 0 spiro atoms. The molecule has 0 atom stereocenters. The average Bonchev–Trinajstić information content (AvgIpc) is 2.01. The van der Waals surface area contributed by atoms with Crippen molar-refractivity contribution >= 4 is 28.5 Å². The molecule has 1 aromatic rings. The number of halogens is 1. The summed E-state index contributed by atoms with van der Waals surface area (Å²) in [7, 11) is -1.66. The maximum Gasteiger partial charge on any atom is 0.488 e. The molecule has 0 bridgehead atoms. The van der Waals surface area contributed by atoms with Crippen molar-refractivity contribution < 1.29 is 14.2 Å². The lowest BCUT2D eigenvalue weighted by molar-refractivity contribution is 0.425. The summed E-state index contributed by atoms with van der Waals surface area (Å²) in [5.41, 5.74) is 0.237. The topological polar surface area (TPSA) is 40.5 Å². The molecule has 2 nitrogen and oxygen atoms in total. The molecule has 58 valence electrons. The molecular formula is C7H8BBrO2. The summed E-state index contributed by atoms with van der Waals surface area (Å²) < 4.78 is 22.0. The van der Waals surface area contributed by atoms with Gasteiger partial charge < -0.3 is 10.0 Å². The van der Waals surface area contributed by atoms with Crippen LogP contribution in [-0.2, 0) is 0 Å². The summed E-state index contributed by atoms with van der Waals surface area (Å²) in [6.07, 6.45) is 0. The molecule has 0 saturated heterocycles. The molecule has 4 heteroatoms. The van der Waals surface area contributed by atoms with Crippen LogP contribution in [0.3, 0.4) is 0 Å². The Bertz CT molecular complexity index is 340. The second-order valence-corrected chi connectivity index (χ2v) is 3.06. The minimum absolute atomic E-state index is 0.0787. The SMILES string of the molecule is [2H]C([2H])([2H])c1cc(Br)cc(B(O)O)c1. The van der Waals surface area contributed by atoms with E-state index in [9.17, 15) is 0 Å². The molecule has 0 saturated carbocycles. The van der Waals surface area contributed by atoms with Crippen LogP contribution in [-0.4, -0.2) is 17.2 Å². The molecule has 0 fully saturated rings. The molecule has 0 aromatic heterocycles. The van der Waals surface area contributed by atoms with E-state index in [1.807, 2.05) is 0 Å². The zero-order valence-corrected chi connectivity index (χ0v) is 7.17. The molecular weight excluding hydrogens is 207 g/mol. The Hall–Kier alpha value is -0.315. The molecule has 0 amide bonds. The van der Waals surface area contributed by atoms with Crippen molar-refractivity contribution in [1.29, 1.82) is 0 Å². The van der Waals surface area contributed by atoms with Gasteiger partial charge in [-0.3, -0.25) is 0 Å². The van der Waals surface area contributed by atoms with Gasteiger partial charge in [0.2, 0.25) is 0 Å². The normalized spacial score (nSPS) is 15.0. The van der Waals surface area contributed by atoms with Crippen molar-refractivity contribution in [3.8, 4) is 0 Å². The van der Waals surface area contributed by atoms with E-state index in [1.165, 1.54) is 18.2 Å². The predicted octanol–water partition coefficient (Wildman–Crippen LogP) is 0.437. The second kappa shape index (κ2) is 3.39. The quantitative estimate of drug-likeness (QED) is 0.671. The fourth-order valence-corrected chi connectivity index (χ4v) is 1.27. The lowest BCUT2D eigenvalue weighted by atomic mass is 9.80. The van der Waals surface area contributed by atoms with E-state index in [1.54, 1.807) is 0 Å². The molecule has 2 N–H and O–H groups in total. The number of hydrogen-bond donors (Lipinski definition) is 2. The Morgan fingerprint density at radius 3 is 2.73 bits per heavy atom. The van der Waals surface area contributed by atoms with E-state index >= 15 is 0 Å². The highest BCUT2D eigenvalue weighted by Crippen LogP contribution is 2.09. The van der Waals surface area contributed by atoms with Crippen molar-refractivity contribution in [2.75, 3.05) is 0 Å². The largest absolute Gasteiger partial charge is 0.488 e. The lowest BCUT2D eigenvalue weighted by Gasteiger charge is -2.01. The fraction of sp³-hybridized carbons (Fsp3) is 0.143. The Kier molecular flexibility index (Phi) is 1.65. The van der Waals surface area contributed by atoms with Gasteiger partial charge in [-0.2, -0.15) is 0 Å². The average molecular weight is 218 g/mol. The van der Waals surface area contributed by atoms with E-state index in [-0.39, 0.29) is 11.0 Å². The minimum Gasteiger partial charge on any atom is -0.423 e. The zero-order valence-electron chi connectivity index (χ0n) is 8.58. The number of rotatable bonds is 1. The maximum absolute atomic E-state index is 8.89. The third-order valence-electron chi connectivity index (χ3n) is 1.22. The van der Waals surface area contributed by atoms with Crippen molar-refractivity contribution in [3.63, 3.8) is 0 Å². The summed E-state index contributed by atoms with van der Waals surface area (Å²) in [4.78, 5) is 0. The maximum atomic E-state index is 8.89. The fourth-order valence-electron chi connectivity index (χ4n) is 0.761. The van der Waals surface area contributed by atoms with Gasteiger partial charge in [-0.05, 0) is 24.4 Å². The molecule has 0 heterocycles. The molecule has 0 aliphatic carbocycles. The Balaban J connectivity index is 3.21. The van der Waals surface area contributed by atoms with E-state index in [2.05, 4.69) is 15.9 Å². The van der Waals surface area contributed by atoms with Gasteiger partial charge in [-0.1, -0.05) is 27.6 Å². The van der Waals surface area contributed by atoms with E-state index in [0.717, 1.165) is 0 Å². The summed E-state index contributed by atoms with van der Waals surface area (Å²) in [6, 6.07) is 4.14. The van der Waals surface area contributed by atoms with Gasteiger partial charge in [0.05, 0.1) is 0 Å². The Morgan fingerprint density at radius 2 is 2.18 bits per heavy atom. The van der Waals surface area contributed by atoms with Crippen LogP contribution < -0.4 is 5.46 Å². The molecule has 0 radical (unpaired) electrons. The third-order valence-corrected chi connectivity index (χ3v) is 1.68. The minimum atomic E-state index is -2.24. The zero-order chi connectivity index (χ0) is 10.9. The summed E-state index contributed by atoms with van der Waals surface area (Å²) in [5.74, 6) is 0. The summed E-state index contributed by atoms with van der Waals surface area (Å²) in [6.45, 7) is -2.24. The number of hydrogen-bond acceptors (Lipinski definition) is 2. The molecule has 0 aliphatic rings. The van der Waals surface area contributed by atoms with Crippen molar-refractivity contribution in [2.45, 2.75) is 6.85 Å². The van der Waals surface area contributed by atoms with Gasteiger partial charge in [-0.25, -0.2) is 0 Å². The van der Waals surface area contributed by atoms with Crippen LogP contribution >= 0.6 is 15.9 Å². The van der Waals surface area contributed by atoms with Crippen LogP contribution in [0.25, 0.3) is 0 Å². The van der Waals surface area contributed by atoms with Crippen LogP contribution in [0.1, 0.15) is 9.68 Å². The molecule has 0 unspecified atom stereocenters. The standard InChI is InChI=1S/C7H8BBrO2/c1-5-2-6(8(10)11)4-7(9)3-5/h2-4,10-11H,1H3/i1D3. The van der Waals surface area contributed by atoms with Crippen molar-refractivity contribution in [3.05, 3.63) is 28.2 Å². The highest BCUT2D eigenvalue weighted by Gasteiger charge is 2.10. The van der Waals surface area contributed by atoms with Crippen LogP contribution in [0.4, 0.5) is 0 Å². The van der Waals surface area contributed by atoms with Gasteiger partial charge in [0, 0.05) is 8.58 Å². The smallest absolute Gasteiger partial charge is 0.423 e. The van der Waals surface area contributed by atoms with Gasteiger partial charge in [0.15, 0.2) is 0 Å². The van der Waals surface area contributed by atoms with Gasteiger partial charge >= 0.3 is 7.12 Å². The van der Waals surface area contributed by atoms with E-state index < -0.39 is 14.0 Å². The summed E-state index contributed by atoms with van der Waals surface area (Å²) in [5, 5.41) is 17.8. The van der Waals surface area contributed by atoms with E-state index in [0.29, 0.717) is 4.47 Å². The monoisotopic (exact) mass is 217 g/mol. The Morgan fingerprint density at radius 1 is 1.45 bits per heavy atom. The highest BCUT2D eigenvalue weighted by atomic mass is 79.9. The van der Waals surface area contributed by atoms with Crippen molar-refractivity contribution in [2.24, 2.45) is 0 Å². The second-order valence-electron chi connectivity index (χ2n) is 2.15. The van der Waals surface area contributed by atoms with E-state index in [4.69, 9.17) is 14.2 Å². The first-order chi connectivity index (χ1) is 6.30. The van der Waals surface area contributed by atoms with Crippen LogP contribution in [0, 0.1) is 6.85 Å². The first-order valence-corrected chi connectivity index (χ1v) is 3.77. The predicted molar refractivity (Wildman–Crippen MR) is 48.7 cm³/mol. The van der Waals surface area contributed by atoms with Gasteiger partial charge in [-0.15, -0.1) is 0 Å². The lowest BCUT2D eigenvalue weighted by Crippen LogP contribution is -2.29. The molecule has 11 heavy (non-hydrogen) atoms. The number of benzene rings is 1. The molecule has 0 aliphatic heterocycles. The summed E-state index contributed by atoms with van der Waals surface area (Å²) >= 11 is 3.10. The van der Waals surface area contributed by atoms with Crippen LogP contribution in [0.15, 0.2) is 22.7 Å². The highest BCUT2D eigenvalue weighted by molar-refractivity contribution is 9.10. The van der Waals surface area contributed by atoms with Crippen LogP contribution in [0.2, 0.25) is 0 Å². The van der Waals surface area contributed by atoms with Gasteiger partial charge in [0.1, 0.15) is 0 Å².